The van der Waals surface area contributed by atoms with Crippen molar-refractivity contribution >= 4 is 12.0 Å². The summed E-state index contributed by atoms with van der Waals surface area (Å²) in [6.45, 7) is 4.41. The Morgan fingerprint density at radius 3 is 2.35 bits per heavy atom. The number of carbonyl (C=O) groups excluding carboxylic acids is 1. The smallest absolute Gasteiger partial charge is 0.416 e. The van der Waals surface area contributed by atoms with Crippen molar-refractivity contribution in [3.63, 3.8) is 0 Å². The fourth-order valence-corrected chi connectivity index (χ4v) is 3.75. The number of alkyl halides is 5. The van der Waals surface area contributed by atoms with Gasteiger partial charge in [-0.25, -0.2) is 13.6 Å². The van der Waals surface area contributed by atoms with Gasteiger partial charge in [-0.2, -0.15) is 13.2 Å². The van der Waals surface area contributed by atoms with E-state index in [1.807, 2.05) is 6.92 Å². The van der Waals surface area contributed by atoms with Crippen molar-refractivity contribution in [2.45, 2.75) is 39.3 Å². The van der Waals surface area contributed by atoms with Gasteiger partial charge in [-0.15, -0.1) is 0 Å². The number of esters is 1. The quantitative estimate of drug-likeness (QED) is 0.117. The van der Waals surface area contributed by atoms with Gasteiger partial charge in [-0.1, -0.05) is 43.7 Å². The van der Waals surface area contributed by atoms with Gasteiger partial charge in [0.05, 0.1) is 18.8 Å². The molecular weight excluding hydrogens is 491 g/mol. The maximum Gasteiger partial charge on any atom is 0.416 e. The lowest BCUT2D eigenvalue weighted by molar-refractivity contribution is -0.138. The van der Waals surface area contributed by atoms with Gasteiger partial charge >= 0.3 is 12.1 Å². The van der Waals surface area contributed by atoms with Crippen LogP contribution in [0, 0.1) is 0 Å². The van der Waals surface area contributed by atoms with Crippen molar-refractivity contribution in [1.82, 2.24) is 0 Å². The van der Waals surface area contributed by atoms with Crippen molar-refractivity contribution < 1.29 is 36.2 Å². The molecule has 0 heterocycles. The van der Waals surface area contributed by atoms with Crippen LogP contribution in [0.3, 0.4) is 0 Å². The van der Waals surface area contributed by atoms with Crippen LogP contribution in [-0.4, -0.2) is 19.2 Å². The summed E-state index contributed by atoms with van der Waals surface area (Å²) >= 11 is 0. The first-order valence-electron chi connectivity index (χ1n) is 11.9. The Labute approximate surface area is 212 Å². The molecule has 0 saturated heterocycles. The van der Waals surface area contributed by atoms with E-state index in [9.17, 15) is 26.7 Å². The third kappa shape index (κ3) is 7.41. The van der Waals surface area contributed by atoms with Crippen LogP contribution in [0.25, 0.3) is 28.3 Å². The van der Waals surface area contributed by atoms with Crippen molar-refractivity contribution in [2.75, 3.05) is 13.2 Å². The van der Waals surface area contributed by atoms with Gasteiger partial charge in [0.1, 0.15) is 5.75 Å². The highest BCUT2D eigenvalue weighted by molar-refractivity contribution is 5.89. The number of hydrogen-bond donors (Lipinski definition) is 0. The molecule has 0 atom stereocenters. The number of rotatable bonds is 10. The molecule has 3 aromatic carbocycles. The molecule has 0 bridgehead atoms. The van der Waals surface area contributed by atoms with E-state index in [-0.39, 0.29) is 17.7 Å². The summed E-state index contributed by atoms with van der Waals surface area (Å²) in [5.74, 6) is -0.00528. The number of halogens is 5. The van der Waals surface area contributed by atoms with Crippen LogP contribution in [-0.2, 0) is 15.7 Å². The summed E-state index contributed by atoms with van der Waals surface area (Å²) in [6, 6.07) is 13.6. The molecule has 3 nitrogen and oxygen atoms in total. The zero-order valence-corrected chi connectivity index (χ0v) is 20.4. The second-order valence-electron chi connectivity index (χ2n) is 8.22. The Morgan fingerprint density at radius 1 is 0.946 bits per heavy atom. The van der Waals surface area contributed by atoms with Gasteiger partial charge in [-0.3, -0.25) is 0 Å². The summed E-state index contributed by atoms with van der Waals surface area (Å²) in [6.07, 6.45) is -2.97. The molecule has 0 radical (unpaired) electrons. The molecule has 0 unspecified atom stereocenters. The Kier molecular flexibility index (Phi) is 9.44. The van der Waals surface area contributed by atoms with Crippen LogP contribution < -0.4 is 4.74 Å². The summed E-state index contributed by atoms with van der Waals surface area (Å²) in [7, 11) is 0. The predicted octanol–water partition coefficient (Wildman–Crippen LogP) is 8.73. The molecule has 0 aliphatic heterocycles. The molecule has 37 heavy (non-hydrogen) atoms. The highest BCUT2D eigenvalue weighted by Gasteiger charge is 2.30. The van der Waals surface area contributed by atoms with Crippen LogP contribution in [0.5, 0.6) is 5.75 Å². The Balaban J connectivity index is 2.08. The number of hydrogen-bond acceptors (Lipinski definition) is 3. The highest BCUT2D eigenvalue weighted by atomic mass is 19.4. The Morgan fingerprint density at radius 2 is 1.68 bits per heavy atom. The number of carbonyl (C=O) groups is 1. The Bertz CT molecular complexity index is 1250. The molecule has 0 fully saturated rings. The van der Waals surface area contributed by atoms with Gasteiger partial charge in [0.2, 0.25) is 0 Å². The van der Waals surface area contributed by atoms with E-state index in [0.29, 0.717) is 29.0 Å². The average molecular weight is 519 g/mol. The van der Waals surface area contributed by atoms with Gasteiger partial charge < -0.3 is 9.47 Å². The molecule has 0 aliphatic carbocycles. The largest absolute Gasteiger partial charge is 0.494 e. The van der Waals surface area contributed by atoms with E-state index in [2.05, 4.69) is 0 Å². The SMILES string of the molecule is CCCCOc1ccc(-c2ccc(-c3cccc(C(F)(F)F)c3)c(C(F)F)c2)c(/C=C/C(=O)OCC)c1. The lowest BCUT2D eigenvalue weighted by Crippen LogP contribution is -2.04. The minimum atomic E-state index is -4.60. The molecule has 196 valence electrons. The third-order valence-electron chi connectivity index (χ3n) is 5.57. The molecule has 3 aromatic rings. The summed E-state index contributed by atoms with van der Waals surface area (Å²) in [5, 5.41) is 0. The maximum absolute atomic E-state index is 14.1. The summed E-state index contributed by atoms with van der Waals surface area (Å²) in [4.78, 5) is 11.9. The molecule has 3 rings (SSSR count). The minimum absolute atomic E-state index is 0.00739. The van der Waals surface area contributed by atoms with E-state index >= 15 is 0 Å². The number of ether oxygens (including phenoxy) is 2. The fourth-order valence-electron chi connectivity index (χ4n) is 3.75. The second kappa shape index (κ2) is 12.5. The zero-order chi connectivity index (χ0) is 27.0. The highest BCUT2D eigenvalue weighted by Crippen LogP contribution is 2.38. The topological polar surface area (TPSA) is 35.5 Å². The van der Waals surface area contributed by atoms with Crippen LogP contribution in [0.1, 0.15) is 49.8 Å². The lowest BCUT2D eigenvalue weighted by atomic mass is 9.92. The van der Waals surface area contributed by atoms with Crippen molar-refractivity contribution in [3.8, 4) is 28.0 Å². The maximum atomic E-state index is 14.1. The zero-order valence-electron chi connectivity index (χ0n) is 20.4. The molecular formula is C29H27F5O3. The monoisotopic (exact) mass is 518 g/mol. The van der Waals surface area contributed by atoms with Crippen molar-refractivity contribution in [3.05, 3.63) is 83.4 Å². The van der Waals surface area contributed by atoms with Crippen molar-refractivity contribution in [2.24, 2.45) is 0 Å². The minimum Gasteiger partial charge on any atom is -0.494 e. The van der Waals surface area contributed by atoms with Crippen LogP contribution >= 0.6 is 0 Å². The van der Waals surface area contributed by atoms with Crippen molar-refractivity contribution in [1.29, 1.82) is 0 Å². The summed E-state index contributed by atoms with van der Waals surface area (Å²) in [5.41, 5.74) is 0.219. The molecule has 0 aliphatic rings. The third-order valence-corrected chi connectivity index (χ3v) is 5.57. The van der Waals surface area contributed by atoms with Gasteiger partial charge in [0, 0.05) is 11.6 Å². The first-order chi connectivity index (χ1) is 17.6. The molecule has 0 spiro atoms. The first kappa shape index (κ1) is 27.9. The number of benzene rings is 3. The van der Waals surface area contributed by atoms with E-state index in [0.717, 1.165) is 25.0 Å². The first-order valence-corrected chi connectivity index (χ1v) is 11.9. The fraction of sp³-hybridized carbons (Fsp3) is 0.276. The van der Waals surface area contributed by atoms with Crippen LogP contribution in [0.15, 0.2) is 66.7 Å². The molecule has 0 saturated carbocycles. The normalized spacial score (nSPS) is 11.8. The van der Waals surface area contributed by atoms with Gasteiger partial charge in [0.15, 0.2) is 0 Å². The average Bonchev–Trinajstić information content (AvgIpc) is 2.87. The van der Waals surface area contributed by atoms with Crippen LogP contribution in [0.4, 0.5) is 22.0 Å². The lowest BCUT2D eigenvalue weighted by Gasteiger charge is -2.15. The molecule has 0 N–H and O–H groups in total. The van der Waals surface area contributed by atoms with Gasteiger partial charge in [0.25, 0.3) is 6.43 Å². The van der Waals surface area contributed by atoms with Gasteiger partial charge in [-0.05, 0) is 77.6 Å². The second-order valence-corrected chi connectivity index (χ2v) is 8.22. The van der Waals surface area contributed by atoms with E-state index in [4.69, 9.17) is 9.47 Å². The van der Waals surface area contributed by atoms with Crippen LogP contribution in [0.2, 0.25) is 0 Å². The molecule has 0 amide bonds. The summed E-state index contributed by atoms with van der Waals surface area (Å²) < 4.78 is 78.4. The molecule has 0 aromatic heterocycles. The standard InChI is InChI=1S/C29H27F5O3/c1-3-5-15-37-23-11-13-24(20(17-23)10-14-27(35)36-4-2)21-9-12-25(26(18-21)28(30)31)19-7-6-8-22(16-19)29(32,33)34/h6-14,16-18,28H,3-5,15H2,1-2H3/b14-10+. The molecule has 8 heteroatoms. The predicted molar refractivity (Wildman–Crippen MR) is 133 cm³/mol. The number of unbranched alkanes of at least 4 members (excludes halogenated alkanes) is 1. The Hall–Kier alpha value is -3.68. The van der Waals surface area contributed by atoms with E-state index in [1.54, 1.807) is 31.2 Å². The van der Waals surface area contributed by atoms with E-state index in [1.165, 1.54) is 36.4 Å². The van der Waals surface area contributed by atoms with E-state index < -0.39 is 29.7 Å².